The van der Waals surface area contributed by atoms with Crippen molar-refractivity contribution in [2.24, 2.45) is 0 Å². The number of aromatic nitrogens is 1. The van der Waals surface area contributed by atoms with Crippen LogP contribution in [0.2, 0.25) is 0 Å². The van der Waals surface area contributed by atoms with Gasteiger partial charge in [-0.15, -0.1) is 0 Å². The van der Waals surface area contributed by atoms with E-state index in [0.29, 0.717) is 6.54 Å². The van der Waals surface area contributed by atoms with E-state index in [1.54, 1.807) is 0 Å². The minimum Gasteiger partial charge on any atom is -0.390 e. The normalized spacial score (nSPS) is 13.0. The van der Waals surface area contributed by atoms with Crippen LogP contribution in [0.15, 0.2) is 60.9 Å². The molecule has 0 saturated heterocycles. The Morgan fingerprint density at radius 1 is 1.07 bits per heavy atom. The van der Waals surface area contributed by atoms with Gasteiger partial charge in [-0.1, -0.05) is 31.2 Å². The van der Waals surface area contributed by atoms with Crippen molar-refractivity contribution in [1.29, 1.82) is 0 Å². The first-order chi connectivity index (χ1) is 19.5. The fourth-order valence-corrected chi connectivity index (χ4v) is 5.22. The van der Waals surface area contributed by atoms with Gasteiger partial charge in [0, 0.05) is 32.5 Å². The van der Waals surface area contributed by atoms with Gasteiger partial charge in [-0.05, 0) is 47.7 Å². The average molecular weight is 591 g/mol. The number of carbonyl (C=O) groups excluding carboxylic acids is 1. The fraction of sp³-hybridized carbons (Fsp3) is 0.379. The van der Waals surface area contributed by atoms with Crippen LogP contribution in [0, 0.1) is 11.6 Å². The third-order valence-electron chi connectivity index (χ3n) is 6.41. The van der Waals surface area contributed by atoms with Gasteiger partial charge in [0.25, 0.3) is 5.91 Å². The summed E-state index contributed by atoms with van der Waals surface area (Å²) in [6.45, 7) is 2.74. The van der Waals surface area contributed by atoms with Gasteiger partial charge < -0.3 is 20.5 Å². The second kappa shape index (κ2) is 15.0. The molecule has 3 N–H and O–H groups in total. The number of methoxy groups -OCH3 is 1. The second-order valence-corrected chi connectivity index (χ2v) is 11.6. The highest BCUT2D eigenvalue weighted by Crippen LogP contribution is 2.19. The molecule has 0 bridgehead atoms. The minimum atomic E-state index is -3.69. The van der Waals surface area contributed by atoms with Crippen LogP contribution in [-0.4, -0.2) is 69.6 Å². The highest BCUT2D eigenvalue weighted by Gasteiger charge is 2.24. The number of nitrogens with zero attached hydrogens (tertiary/aromatic N) is 2. The Morgan fingerprint density at radius 3 is 2.44 bits per heavy atom. The summed E-state index contributed by atoms with van der Waals surface area (Å²) in [5.74, 6) is -2.19. The van der Waals surface area contributed by atoms with Crippen LogP contribution in [0.25, 0.3) is 0 Å². The number of aliphatic hydroxyl groups is 1. The lowest BCUT2D eigenvalue weighted by atomic mass is 10.00. The molecule has 41 heavy (non-hydrogen) atoms. The first kappa shape index (κ1) is 32.1. The van der Waals surface area contributed by atoms with Crippen LogP contribution in [0.3, 0.4) is 0 Å². The lowest BCUT2D eigenvalue weighted by molar-refractivity contribution is 0.0829. The number of halogens is 2. The molecule has 12 heteroatoms. The SMILES string of the molecule is CCc1cccc(CNC[C@@H](O)[C@H](Cc2cc(F)cc(F)c2)NC(=O)c2cncc(N(CCOC)S(C)(=O)=O)c2)c1. The molecule has 2 aromatic carbocycles. The predicted octanol–water partition coefficient (Wildman–Crippen LogP) is 2.83. The Hall–Kier alpha value is -3.45. The summed E-state index contributed by atoms with van der Waals surface area (Å²) < 4.78 is 58.5. The Labute approximate surface area is 239 Å². The zero-order valence-electron chi connectivity index (χ0n) is 23.3. The maximum Gasteiger partial charge on any atom is 0.253 e. The fourth-order valence-electron chi connectivity index (χ4n) is 4.33. The van der Waals surface area contributed by atoms with E-state index in [-0.39, 0.29) is 42.9 Å². The number of nitrogens with one attached hydrogen (secondary N) is 2. The van der Waals surface area contributed by atoms with Gasteiger partial charge in [0.2, 0.25) is 10.0 Å². The Kier molecular flexibility index (Phi) is 11.7. The lowest BCUT2D eigenvalue weighted by Crippen LogP contribution is -2.48. The number of aliphatic hydroxyl groups excluding tert-OH is 1. The summed E-state index contributed by atoms with van der Waals surface area (Å²) in [7, 11) is -2.25. The van der Waals surface area contributed by atoms with Gasteiger partial charge in [0.15, 0.2) is 0 Å². The van der Waals surface area contributed by atoms with Gasteiger partial charge in [0.1, 0.15) is 11.6 Å². The molecule has 0 fully saturated rings. The van der Waals surface area contributed by atoms with Crippen LogP contribution >= 0.6 is 0 Å². The molecule has 0 radical (unpaired) electrons. The maximum absolute atomic E-state index is 13.9. The molecule has 0 unspecified atom stereocenters. The van der Waals surface area contributed by atoms with Crippen LogP contribution in [0.5, 0.6) is 0 Å². The van der Waals surface area contributed by atoms with Gasteiger partial charge in [0.05, 0.1) is 49.0 Å². The van der Waals surface area contributed by atoms with Crippen molar-refractivity contribution in [3.63, 3.8) is 0 Å². The van der Waals surface area contributed by atoms with Crippen molar-refractivity contribution in [3.05, 3.63) is 94.8 Å². The van der Waals surface area contributed by atoms with Crippen LogP contribution < -0.4 is 14.9 Å². The van der Waals surface area contributed by atoms with Gasteiger partial charge >= 0.3 is 0 Å². The topological polar surface area (TPSA) is 121 Å². The molecule has 2 atom stereocenters. The van der Waals surface area contributed by atoms with Gasteiger partial charge in [-0.3, -0.25) is 14.1 Å². The molecular formula is C29H36F2N4O5S. The van der Waals surface area contributed by atoms with E-state index < -0.39 is 39.7 Å². The number of rotatable bonds is 15. The summed E-state index contributed by atoms with van der Waals surface area (Å²) in [6.07, 6.45) is 3.30. The smallest absolute Gasteiger partial charge is 0.253 e. The molecule has 1 heterocycles. The third-order valence-corrected chi connectivity index (χ3v) is 7.61. The molecule has 9 nitrogen and oxygen atoms in total. The van der Waals surface area contributed by atoms with Crippen molar-refractivity contribution in [2.75, 3.05) is 37.4 Å². The van der Waals surface area contributed by atoms with Crippen molar-refractivity contribution in [1.82, 2.24) is 15.6 Å². The lowest BCUT2D eigenvalue weighted by Gasteiger charge is -2.25. The van der Waals surface area contributed by atoms with Crippen LogP contribution in [0.4, 0.5) is 14.5 Å². The van der Waals surface area contributed by atoms with Gasteiger partial charge in [-0.2, -0.15) is 0 Å². The standard InChI is InChI=1S/C29H36F2N4O5S/c1-4-20-6-5-7-21(10-20)16-32-19-28(36)27(13-22-11-24(30)15-25(31)12-22)34-29(37)23-14-26(18-33-17-23)35(8-9-40-2)41(3,38)39/h5-7,10-12,14-15,17-18,27-28,32,36H,4,8-9,13,16,19H2,1-3H3,(H,34,37)/t27-,28+/m0/s1. The van der Waals surface area contributed by atoms with E-state index in [1.165, 1.54) is 31.1 Å². The quantitative estimate of drug-likeness (QED) is 0.249. The zero-order chi connectivity index (χ0) is 30.0. The van der Waals surface area contributed by atoms with E-state index in [2.05, 4.69) is 28.6 Å². The predicted molar refractivity (Wildman–Crippen MR) is 153 cm³/mol. The number of aryl methyl sites for hydroxylation is 1. The monoisotopic (exact) mass is 590 g/mol. The third kappa shape index (κ3) is 9.85. The van der Waals surface area contributed by atoms with E-state index in [9.17, 15) is 27.1 Å². The largest absolute Gasteiger partial charge is 0.390 e. The molecule has 1 amide bonds. The molecule has 0 aliphatic rings. The molecule has 1 aromatic heterocycles. The number of ether oxygens (including phenoxy) is 1. The number of pyridine rings is 1. The number of amides is 1. The molecule has 0 aliphatic heterocycles. The Bertz CT molecular complexity index is 1400. The van der Waals surface area contributed by atoms with Crippen molar-refractivity contribution in [2.45, 2.75) is 38.5 Å². The van der Waals surface area contributed by atoms with Crippen molar-refractivity contribution >= 4 is 21.6 Å². The molecule has 0 spiro atoms. The Balaban J connectivity index is 1.79. The summed E-state index contributed by atoms with van der Waals surface area (Å²) in [5, 5.41) is 16.9. The summed E-state index contributed by atoms with van der Waals surface area (Å²) in [5.41, 5.74) is 2.65. The van der Waals surface area contributed by atoms with Crippen molar-refractivity contribution in [3.8, 4) is 0 Å². The second-order valence-electron chi connectivity index (χ2n) is 9.69. The number of benzene rings is 2. The molecule has 222 valence electrons. The van der Waals surface area contributed by atoms with Crippen LogP contribution in [-0.2, 0) is 34.1 Å². The minimum absolute atomic E-state index is 0.0153. The molecule has 0 saturated carbocycles. The van der Waals surface area contributed by atoms with Gasteiger partial charge in [-0.25, -0.2) is 17.2 Å². The molecule has 0 aliphatic carbocycles. The number of hydrogen-bond donors (Lipinski definition) is 3. The maximum atomic E-state index is 13.9. The van der Waals surface area contributed by atoms with Crippen LogP contribution in [0.1, 0.15) is 34.0 Å². The number of hydrogen-bond acceptors (Lipinski definition) is 7. The molecular weight excluding hydrogens is 554 g/mol. The number of sulfonamides is 1. The first-order valence-corrected chi connectivity index (χ1v) is 15.0. The van der Waals surface area contributed by atoms with E-state index in [0.717, 1.165) is 40.7 Å². The number of carbonyl (C=O) groups is 1. The van der Waals surface area contributed by atoms with E-state index in [1.807, 2.05) is 18.2 Å². The van der Waals surface area contributed by atoms with E-state index in [4.69, 9.17) is 4.74 Å². The number of anilines is 1. The van der Waals surface area contributed by atoms with Crippen molar-refractivity contribution < 1.29 is 31.8 Å². The summed E-state index contributed by atoms with van der Waals surface area (Å²) in [4.78, 5) is 17.3. The summed E-state index contributed by atoms with van der Waals surface area (Å²) >= 11 is 0. The molecule has 3 aromatic rings. The Morgan fingerprint density at radius 2 is 1.78 bits per heavy atom. The zero-order valence-corrected chi connectivity index (χ0v) is 24.1. The highest BCUT2D eigenvalue weighted by molar-refractivity contribution is 7.92. The van der Waals surface area contributed by atoms with E-state index >= 15 is 0 Å². The highest BCUT2D eigenvalue weighted by atomic mass is 32.2. The summed E-state index contributed by atoms with van der Waals surface area (Å²) in [6, 6.07) is 11.4. The average Bonchev–Trinajstić information content (AvgIpc) is 2.92. The molecule has 3 rings (SSSR count). The first-order valence-electron chi connectivity index (χ1n) is 13.1.